The zero-order valence-corrected chi connectivity index (χ0v) is 18.2. The van der Waals surface area contributed by atoms with Crippen LogP contribution < -0.4 is 9.19 Å². The lowest BCUT2D eigenvalue weighted by molar-refractivity contribution is -0.138. The van der Waals surface area contributed by atoms with Crippen molar-refractivity contribution in [1.82, 2.24) is 0 Å². The zero-order chi connectivity index (χ0) is 21.7. The molecule has 0 heterocycles. The van der Waals surface area contributed by atoms with Gasteiger partial charge in [-0.2, -0.15) is 0 Å². The van der Waals surface area contributed by atoms with E-state index in [1.54, 1.807) is 66.7 Å². The Morgan fingerprint density at radius 1 is 0.933 bits per heavy atom. The number of carbonyl (C=O) groups is 1. The minimum Gasteiger partial charge on any atom is -0.479 e. The largest absolute Gasteiger partial charge is 0.489 e. The summed E-state index contributed by atoms with van der Waals surface area (Å²) in [5.74, 6) is -1.06. The second-order valence-corrected chi connectivity index (χ2v) is 8.85. The average Bonchev–Trinajstić information content (AvgIpc) is 2.74. The van der Waals surface area contributed by atoms with Crippen LogP contribution in [0.3, 0.4) is 0 Å². The highest BCUT2D eigenvalue weighted by atomic mass is 35.5. The normalized spacial score (nSPS) is 13.8. The number of carboxylic acids is 1. The van der Waals surface area contributed by atoms with Gasteiger partial charge in [-0.3, -0.25) is 4.52 Å². The second kappa shape index (κ2) is 9.54. The van der Waals surface area contributed by atoms with Gasteiger partial charge in [0.25, 0.3) is 0 Å². The van der Waals surface area contributed by atoms with Crippen LogP contribution in [-0.4, -0.2) is 18.2 Å². The SMILES string of the molecule is COP(=O)(Oc1ccccc1)N(c1c(Cl)cccc1Cl)C(C(=O)O)c1ccccc1. The Balaban J connectivity index is 2.25. The number of nitrogens with zero attached hydrogens (tertiary/aromatic N) is 1. The molecule has 1 N–H and O–H groups in total. The topological polar surface area (TPSA) is 76.1 Å². The lowest BCUT2D eigenvalue weighted by Crippen LogP contribution is -2.34. The number of halogens is 2. The van der Waals surface area contributed by atoms with Crippen molar-refractivity contribution < 1.29 is 23.5 Å². The van der Waals surface area contributed by atoms with Crippen LogP contribution in [0.25, 0.3) is 0 Å². The Labute approximate surface area is 184 Å². The summed E-state index contributed by atoms with van der Waals surface area (Å²) in [5.41, 5.74) is 0.369. The number of rotatable bonds is 8. The van der Waals surface area contributed by atoms with Crippen molar-refractivity contribution in [3.63, 3.8) is 0 Å². The summed E-state index contributed by atoms with van der Waals surface area (Å²) in [6.45, 7) is 0. The van der Waals surface area contributed by atoms with Crippen molar-refractivity contribution in [1.29, 1.82) is 0 Å². The Morgan fingerprint density at radius 3 is 1.97 bits per heavy atom. The predicted octanol–water partition coefficient (Wildman–Crippen LogP) is 6.46. The minimum atomic E-state index is -4.30. The molecule has 0 fully saturated rings. The molecule has 3 aromatic carbocycles. The van der Waals surface area contributed by atoms with Crippen molar-refractivity contribution in [2.75, 3.05) is 11.8 Å². The monoisotopic (exact) mass is 465 g/mol. The number of hydrogen-bond acceptors (Lipinski definition) is 4. The van der Waals surface area contributed by atoms with Gasteiger partial charge in [0.2, 0.25) is 0 Å². The first-order valence-corrected chi connectivity index (χ1v) is 11.0. The smallest absolute Gasteiger partial charge is 0.479 e. The van der Waals surface area contributed by atoms with E-state index in [0.717, 1.165) is 4.67 Å². The van der Waals surface area contributed by atoms with Gasteiger partial charge in [-0.1, -0.05) is 77.8 Å². The highest BCUT2D eigenvalue weighted by Crippen LogP contribution is 2.59. The van der Waals surface area contributed by atoms with Gasteiger partial charge in [0.1, 0.15) is 5.75 Å². The quantitative estimate of drug-likeness (QED) is 0.384. The van der Waals surface area contributed by atoms with E-state index in [4.69, 9.17) is 32.2 Å². The fourth-order valence-electron chi connectivity index (χ4n) is 2.91. The highest BCUT2D eigenvalue weighted by Gasteiger charge is 2.45. The molecule has 0 spiro atoms. The van der Waals surface area contributed by atoms with E-state index in [1.807, 2.05) is 0 Å². The molecule has 0 aliphatic heterocycles. The number of para-hydroxylation sites is 2. The molecule has 3 rings (SSSR count). The van der Waals surface area contributed by atoms with Crippen LogP contribution in [0.5, 0.6) is 5.75 Å². The van der Waals surface area contributed by atoms with Crippen LogP contribution in [0.15, 0.2) is 78.9 Å². The maximum absolute atomic E-state index is 14.0. The number of hydrogen-bond donors (Lipinski definition) is 1. The van der Waals surface area contributed by atoms with Crippen LogP contribution >= 0.6 is 30.9 Å². The number of carboxylic acid groups (broad SMARTS) is 1. The van der Waals surface area contributed by atoms with Crippen molar-refractivity contribution in [2.45, 2.75) is 6.04 Å². The van der Waals surface area contributed by atoms with E-state index in [0.29, 0.717) is 5.56 Å². The fraction of sp³-hybridized carbons (Fsp3) is 0.0952. The lowest BCUT2D eigenvalue weighted by Gasteiger charge is -2.36. The molecule has 0 saturated heterocycles. The molecule has 0 saturated carbocycles. The summed E-state index contributed by atoms with van der Waals surface area (Å²) >= 11 is 12.8. The molecule has 0 aliphatic carbocycles. The summed E-state index contributed by atoms with van der Waals surface area (Å²) in [6, 6.07) is 19.7. The van der Waals surface area contributed by atoms with E-state index < -0.39 is 19.8 Å². The first kappa shape index (κ1) is 22.2. The molecular formula is C21H18Cl2NO5P. The maximum atomic E-state index is 14.0. The molecule has 9 heteroatoms. The van der Waals surface area contributed by atoms with Crippen LogP contribution in [0, 0.1) is 0 Å². The molecule has 0 aromatic heterocycles. The van der Waals surface area contributed by atoms with Gasteiger partial charge in [-0.05, 0) is 29.8 Å². The van der Waals surface area contributed by atoms with E-state index >= 15 is 0 Å². The summed E-state index contributed by atoms with van der Waals surface area (Å²) in [6.07, 6.45) is 0. The zero-order valence-electron chi connectivity index (χ0n) is 15.8. The third-order valence-corrected chi connectivity index (χ3v) is 6.69. The molecule has 0 amide bonds. The summed E-state index contributed by atoms with van der Waals surface area (Å²) < 4.78 is 26.0. The molecule has 2 unspecified atom stereocenters. The summed E-state index contributed by atoms with van der Waals surface area (Å²) in [4.78, 5) is 12.4. The molecule has 0 bridgehead atoms. The average molecular weight is 466 g/mol. The summed E-state index contributed by atoms with van der Waals surface area (Å²) in [7, 11) is -3.13. The van der Waals surface area contributed by atoms with Crippen molar-refractivity contribution in [3.8, 4) is 5.75 Å². The third-order valence-electron chi connectivity index (χ3n) is 4.22. The van der Waals surface area contributed by atoms with Gasteiger partial charge in [0.05, 0.1) is 15.7 Å². The molecule has 156 valence electrons. The number of benzene rings is 3. The van der Waals surface area contributed by atoms with Gasteiger partial charge >= 0.3 is 13.7 Å². The molecule has 2 atom stereocenters. The molecular weight excluding hydrogens is 448 g/mol. The fourth-order valence-corrected chi connectivity index (χ4v) is 5.31. The Hall–Kier alpha value is -2.50. The second-order valence-electron chi connectivity index (χ2n) is 6.12. The van der Waals surface area contributed by atoms with E-state index in [9.17, 15) is 14.5 Å². The first-order valence-electron chi connectivity index (χ1n) is 8.79. The van der Waals surface area contributed by atoms with Crippen LogP contribution in [0.1, 0.15) is 11.6 Å². The van der Waals surface area contributed by atoms with Crippen molar-refractivity contribution >= 4 is 42.6 Å². The Kier molecular flexibility index (Phi) is 7.06. The molecule has 0 radical (unpaired) electrons. The number of aliphatic carboxylic acids is 1. The van der Waals surface area contributed by atoms with Gasteiger partial charge in [0, 0.05) is 7.11 Å². The van der Waals surface area contributed by atoms with E-state index in [-0.39, 0.29) is 21.5 Å². The lowest BCUT2D eigenvalue weighted by atomic mass is 10.1. The van der Waals surface area contributed by atoms with Crippen LogP contribution in [0.2, 0.25) is 10.0 Å². The molecule has 6 nitrogen and oxygen atoms in total. The number of anilines is 1. The first-order chi connectivity index (χ1) is 14.4. The van der Waals surface area contributed by atoms with Crippen LogP contribution in [0.4, 0.5) is 5.69 Å². The maximum Gasteiger partial charge on any atom is 0.489 e. The third kappa shape index (κ3) is 4.63. The van der Waals surface area contributed by atoms with Crippen molar-refractivity contribution in [2.24, 2.45) is 0 Å². The van der Waals surface area contributed by atoms with E-state index in [2.05, 4.69) is 0 Å². The predicted molar refractivity (Wildman–Crippen MR) is 117 cm³/mol. The molecule has 0 aliphatic rings. The Bertz CT molecular complexity index is 1050. The van der Waals surface area contributed by atoms with Gasteiger partial charge in [-0.15, -0.1) is 0 Å². The minimum absolute atomic E-state index is 0.0261. The highest BCUT2D eigenvalue weighted by molar-refractivity contribution is 7.56. The van der Waals surface area contributed by atoms with Crippen molar-refractivity contribution in [3.05, 3.63) is 94.5 Å². The van der Waals surface area contributed by atoms with Gasteiger partial charge in [-0.25, -0.2) is 14.0 Å². The van der Waals surface area contributed by atoms with Gasteiger partial charge in [0.15, 0.2) is 6.04 Å². The van der Waals surface area contributed by atoms with Gasteiger partial charge < -0.3 is 9.63 Å². The molecule has 3 aromatic rings. The van der Waals surface area contributed by atoms with E-state index in [1.165, 1.54) is 19.2 Å². The standard InChI is InChI=1S/C21H18Cl2NO5P/c1-28-30(27,29-16-11-6-3-7-12-16)24(20-17(22)13-8-14-18(20)23)19(21(25)26)15-9-4-2-5-10-15/h2-14,19H,1H3,(H,25,26). The molecule has 30 heavy (non-hydrogen) atoms. The van der Waals surface area contributed by atoms with Crippen LogP contribution in [-0.2, 0) is 13.9 Å². The summed E-state index contributed by atoms with van der Waals surface area (Å²) in [5, 5.41) is 10.3. The Morgan fingerprint density at radius 2 is 1.47 bits per heavy atom.